The third-order valence-electron chi connectivity index (χ3n) is 5.84. The van der Waals surface area contributed by atoms with Crippen molar-refractivity contribution in [2.24, 2.45) is 17.3 Å². The molecule has 106 valence electrons. The highest BCUT2D eigenvalue weighted by atomic mass is 16.3. The Hall–Kier alpha value is -0.120. The second kappa shape index (κ2) is 4.19. The molecule has 0 unspecified atom stereocenters. The van der Waals surface area contributed by atoms with E-state index in [1.54, 1.807) is 6.92 Å². The van der Waals surface area contributed by atoms with Crippen LogP contribution in [-0.4, -0.2) is 32.6 Å². The molecule has 3 nitrogen and oxygen atoms in total. The molecular formula is C15H28O3. The van der Waals surface area contributed by atoms with Crippen LogP contribution in [0.1, 0.15) is 59.8 Å². The van der Waals surface area contributed by atoms with Crippen LogP contribution in [-0.2, 0) is 0 Å². The van der Waals surface area contributed by atoms with Crippen LogP contribution in [0, 0.1) is 17.3 Å². The Morgan fingerprint density at radius 3 is 2.22 bits per heavy atom. The molecular weight excluding hydrogens is 228 g/mol. The summed E-state index contributed by atoms with van der Waals surface area (Å²) in [7, 11) is 0. The lowest BCUT2D eigenvalue weighted by atomic mass is 9.67. The van der Waals surface area contributed by atoms with Crippen LogP contribution in [0.4, 0.5) is 0 Å². The van der Waals surface area contributed by atoms with Crippen molar-refractivity contribution in [1.29, 1.82) is 0 Å². The molecule has 0 aliphatic heterocycles. The molecule has 0 aromatic carbocycles. The van der Waals surface area contributed by atoms with E-state index in [4.69, 9.17) is 0 Å². The van der Waals surface area contributed by atoms with Gasteiger partial charge >= 0.3 is 0 Å². The van der Waals surface area contributed by atoms with Gasteiger partial charge in [-0.3, -0.25) is 0 Å². The summed E-state index contributed by atoms with van der Waals surface area (Å²) < 4.78 is 0. The predicted molar refractivity (Wildman–Crippen MR) is 71.1 cm³/mol. The van der Waals surface area contributed by atoms with E-state index in [0.717, 1.165) is 12.8 Å². The molecule has 3 N–H and O–H groups in total. The Balaban J connectivity index is 2.35. The number of aliphatic hydroxyl groups is 3. The Labute approximate surface area is 110 Å². The molecule has 2 rings (SSSR count). The zero-order valence-corrected chi connectivity index (χ0v) is 12.1. The first-order chi connectivity index (χ1) is 8.12. The van der Waals surface area contributed by atoms with Gasteiger partial charge in [0, 0.05) is 0 Å². The quantitative estimate of drug-likeness (QED) is 0.673. The van der Waals surface area contributed by atoms with Gasteiger partial charge in [0.05, 0.1) is 17.3 Å². The summed E-state index contributed by atoms with van der Waals surface area (Å²) in [6.07, 6.45) is 2.81. The molecule has 5 atom stereocenters. The average Bonchev–Trinajstić information content (AvgIpc) is 2.46. The minimum absolute atomic E-state index is 0.262. The Kier molecular flexibility index (Phi) is 3.33. The largest absolute Gasteiger partial charge is 0.390 e. The molecule has 0 radical (unpaired) electrons. The SMILES string of the molecule is CC(C)[C@H]1CC[C@]2(C)C[C@H](O)[C@](C)(O)CC[C@]12O. The fourth-order valence-corrected chi connectivity index (χ4v) is 4.28. The molecule has 0 aromatic rings. The van der Waals surface area contributed by atoms with E-state index in [-0.39, 0.29) is 11.3 Å². The highest BCUT2D eigenvalue weighted by Crippen LogP contribution is 2.59. The smallest absolute Gasteiger partial charge is 0.0878 e. The maximum absolute atomic E-state index is 11.2. The molecule has 0 saturated heterocycles. The molecule has 0 bridgehead atoms. The number of fused-ring (bicyclic) bond motifs is 1. The van der Waals surface area contributed by atoms with Gasteiger partial charge in [-0.2, -0.15) is 0 Å². The number of hydrogen-bond donors (Lipinski definition) is 3. The van der Waals surface area contributed by atoms with Crippen molar-refractivity contribution < 1.29 is 15.3 Å². The molecule has 0 heterocycles. The van der Waals surface area contributed by atoms with Crippen molar-refractivity contribution in [3.05, 3.63) is 0 Å². The maximum Gasteiger partial charge on any atom is 0.0878 e. The van der Waals surface area contributed by atoms with Gasteiger partial charge < -0.3 is 15.3 Å². The molecule has 2 fully saturated rings. The van der Waals surface area contributed by atoms with Gasteiger partial charge in [-0.1, -0.05) is 20.8 Å². The third-order valence-corrected chi connectivity index (χ3v) is 5.84. The molecule has 0 spiro atoms. The summed E-state index contributed by atoms with van der Waals surface area (Å²) in [5.74, 6) is 0.723. The molecule has 2 aliphatic carbocycles. The maximum atomic E-state index is 11.2. The molecule has 2 aliphatic rings. The zero-order chi connectivity index (χ0) is 13.8. The van der Waals surface area contributed by atoms with Crippen molar-refractivity contribution in [2.45, 2.75) is 77.1 Å². The van der Waals surface area contributed by atoms with Gasteiger partial charge in [0.2, 0.25) is 0 Å². The van der Waals surface area contributed by atoms with Crippen LogP contribution >= 0.6 is 0 Å². The second-order valence-corrected chi connectivity index (χ2v) is 7.45. The van der Waals surface area contributed by atoms with E-state index in [9.17, 15) is 15.3 Å². The highest BCUT2D eigenvalue weighted by molar-refractivity contribution is 5.11. The molecule has 18 heavy (non-hydrogen) atoms. The number of aliphatic hydroxyl groups excluding tert-OH is 1. The molecule has 0 aromatic heterocycles. The summed E-state index contributed by atoms with van der Waals surface area (Å²) in [4.78, 5) is 0. The van der Waals surface area contributed by atoms with Crippen LogP contribution in [0.2, 0.25) is 0 Å². The van der Waals surface area contributed by atoms with Crippen LogP contribution in [0.3, 0.4) is 0 Å². The van der Waals surface area contributed by atoms with E-state index < -0.39 is 17.3 Å². The van der Waals surface area contributed by atoms with Crippen LogP contribution in [0.15, 0.2) is 0 Å². The van der Waals surface area contributed by atoms with Crippen LogP contribution < -0.4 is 0 Å². The van der Waals surface area contributed by atoms with Gasteiger partial charge in [0.25, 0.3) is 0 Å². The van der Waals surface area contributed by atoms with Crippen LogP contribution in [0.25, 0.3) is 0 Å². The minimum Gasteiger partial charge on any atom is -0.390 e. The standard InChI is InChI=1S/C15H28O3/c1-10(2)11-5-6-13(3)9-12(16)14(4,17)7-8-15(11,13)18/h10-12,16-18H,5-9H2,1-4H3/t11-,12+,13-,14-,15+/m1/s1. The predicted octanol–water partition coefficient (Wildman–Crippen LogP) is 2.09. The number of rotatable bonds is 1. The fraction of sp³-hybridized carbons (Fsp3) is 1.00. The van der Waals surface area contributed by atoms with Crippen molar-refractivity contribution >= 4 is 0 Å². The van der Waals surface area contributed by atoms with E-state index in [1.165, 1.54) is 0 Å². The Morgan fingerprint density at radius 1 is 1.06 bits per heavy atom. The zero-order valence-electron chi connectivity index (χ0n) is 12.1. The lowest BCUT2D eigenvalue weighted by Crippen LogP contribution is -2.48. The monoisotopic (exact) mass is 256 g/mol. The Morgan fingerprint density at radius 2 is 1.67 bits per heavy atom. The lowest BCUT2D eigenvalue weighted by molar-refractivity contribution is -0.107. The summed E-state index contributed by atoms with van der Waals surface area (Å²) >= 11 is 0. The third kappa shape index (κ3) is 1.91. The van der Waals surface area contributed by atoms with E-state index in [1.807, 2.05) is 0 Å². The van der Waals surface area contributed by atoms with E-state index in [2.05, 4.69) is 20.8 Å². The molecule has 3 heteroatoms. The van der Waals surface area contributed by atoms with Crippen LogP contribution in [0.5, 0.6) is 0 Å². The first kappa shape index (κ1) is 14.3. The first-order valence-corrected chi connectivity index (χ1v) is 7.25. The van der Waals surface area contributed by atoms with Gasteiger partial charge in [-0.05, 0) is 56.3 Å². The minimum atomic E-state index is -1.06. The number of hydrogen-bond acceptors (Lipinski definition) is 3. The summed E-state index contributed by atoms with van der Waals surface area (Å²) in [5.41, 5.74) is -2.06. The van der Waals surface area contributed by atoms with Gasteiger partial charge in [0.15, 0.2) is 0 Å². The summed E-state index contributed by atoms with van der Waals surface area (Å²) in [6, 6.07) is 0. The first-order valence-electron chi connectivity index (χ1n) is 7.25. The van der Waals surface area contributed by atoms with Crippen molar-refractivity contribution in [2.75, 3.05) is 0 Å². The van der Waals surface area contributed by atoms with Crippen molar-refractivity contribution in [3.63, 3.8) is 0 Å². The van der Waals surface area contributed by atoms with Gasteiger partial charge in [-0.25, -0.2) is 0 Å². The summed E-state index contributed by atoms with van der Waals surface area (Å²) in [6.45, 7) is 8.09. The topological polar surface area (TPSA) is 60.7 Å². The lowest BCUT2D eigenvalue weighted by Gasteiger charge is -2.43. The summed E-state index contributed by atoms with van der Waals surface area (Å²) in [5, 5.41) is 31.7. The van der Waals surface area contributed by atoms with E-state index in [0.29, 0.717) is 25.2 Å². The van der Waals surface area contributed by atoms with Crippen molar-refractivity contribution in [3.8, 4) is 0 Å². The highest BCUT2D eigenvalue weighted by Gasteiger charge is 2.60. The second-order valence-electron chi connectivity index (χ2n) is 7.45. The fourth-order valence-electron chi connectivity index (χ4n) is 4.28. The molecule has 0 amide bonds. The Bertz CT molecular complexity index is 326. The van der Waals surface area contributed by atoms with Gasteiger partial charge in [-0.15, -0.1) is 0 Å². The van der Waals surface area contributed by atoms with E-state index >= 15 is 0 Å². The average molecular weight is 256 g/mol. The molecule has 2 saturated carbocycles. The van der Waals surface area contributed by atoms with Gasteiger partial charge in [0.1, 0.15) is 0 Å². The normalized spacial score (nSPS) is 53.3. The van der Waals surface area contributed by atoms with Crippen molar-refractivity contribution in [1.82, 2.24) is 0 Å².